The van der Waals surface area contributed by atoms with Crippen molar-refractivity contribution in [1.29, 1.82) is 0 Å². The van der Waals surface area contributed by atoms with Crippen LogP contribution in [0, 0.1) is 0 Å². The van der Waals surface area contributed by atoms with Crippen molar-refractivity contribution in [3.8, 4) is 0 Å². The summed E-state index contributed by atoms with van der Waals surface area (Å²) in [4.78, 5) is 10.4. The number of carbonyl (C=O) groups excluding carboxylic acids is 1. The maximum Gasteiger partial charge on any atom is 0.513 e. The molecule has 1 aliphatic heterocycles. The normalized spacial score (nSPS) is 36.0. The number of hydrogen-bond acceptors (Lipinski definition) is 5. The van der Waals surface area contributed by atoms with E-state index in [1.807, 2.05) is 0 Å². The fourth-order valence-corrected chi connectivity index (χ4v) is 1.50. The Labute approximate surface area is 68.4 Å². The second-order valence-electron chi connectivity index (χ2n) is 2.25. The monoisotopic (exact) mass is 198 g/mol. The topological polar surface area (TPSA) is 61.8 Å². The Morgan fingerprint density at radius 2 is 2.08 bits per heavy atom. The van der Waals surface area contributed by atoms with Crippen LogP contribution >= 0.6 is 7.91 Å². The molecule has 1 fully saturated rings. The number of carbonyl (C=O) groups is 1. The van der Waals surface area contributed by atoms with Crippen LogP contribution in [-0.4, -0.2) is 25.3 Å². The van der Waals surface area contributed by atoms with Crippen molar-refractivity contribution < 1.29 is 27.3 Å². The standard InChI is InChI=1S/C5H8FO5P/c1-4(7)11-5-2-9-12(6,8)10-3-5/h5H,2-3H2,1H3. The highest BCUT2D eigenvalue weighted by Gasteiger charge is 2.33. The van der Waals surface area contributed by atoms with E-state index in [2.05, 4.69) is 13.8 Å². The first-order chi connectivity index (χ1) is 5.49. The smallest absolute Gasteiger partial charge is 0.458 e. The fraction of sp³-hybridized carbons (Fsp3) is 0.800. The molecule has 1 saturated heterocycles. The van der Waals surface area contributed by atoms with Gasteiger partial charge in [-0.05, 0) is 0 Å². The van der Waals surface area contributed by atoms with Gasteiger partial charge >= 0.3 is 13.9 Å². The summed E-state index contributed by atoms with van der Waals surface area (Å²) in [7, 11) is -4.36. The molecule has 0 saturated carbocycles. The number of rotatable bonds is 1. The van der Waals surface area contributed by atoms with Gasteiger partial charge in [-0.3, -0.25) is 13.8 Å². The van der Waals surface area contributed by atoms with Crippen LogP contribution < -0.4 is 0 Å². The van der Waals surface area contributed by atoms with Crippen LogP contribution in [0.4, 0.5) is 4.20 Å². The van der Waals surface area contributed by atoms with Gasteiger partial charge in [-0.1, -0.05) is 0 Å². The Hall–Kier alpha value is -0.450. The largest absolute Gasteiger partial charge is 0.513 e. The van der Waals surface area contributed by atoms with Crippen LogP contribution in [0.15, 0.2) is 0 Å². The van der Waals surface area contributed by atoms with E-state index in [1.54, 1.807) is 0 Å². The summed E-state index contributed by atoms with van der Waals surface area (Å²) in [5, 5.41) is 0. The van der Waals surface area contributed by atoms with Crippen molar-refractivity contribution in [3.63, 3.8) is 0 Å². The molecule has 0 radical (unpaired) electrons. The SMILES string of the molecule is CC(=O)OC1COP(=O)(F)OC1. The summed E-state index contributed by atoms with van der Waals surface area (Å²) >= 11 is 0. The lowest BCUT2D eigenvalue weighted by Crippen LogP contribution is -2.30. The molecule has 0 aromatic carbocycles. The Morgan fingerprint density at radius 3 is 2.50 bits per heavy atom. The maximum atomic E-state index is 12.4. The van der Waals surface area contributed by atoms with Crippen LogP contribution in [0.1, 0.15) is 6.92 Å². The van der Waals surface area contributed by atoms with Gasteiger partial charge < -0.3 is 4.74 Å². The van der Waals surface area contributed by atoms with Crippen LogP contribution in [-0.2, 0) is 23.1 Å². The highest BCUT2D eigenvalue weighted by atomic mass is 31.2. The molecule has 0 aliphatic carbocycles. The highest BCUT2D eigenvalue weighted by Crippen LogP contribution is 2.52. The first-order valence-corrected chi connectivity index (χ1v) is 4.69. The third kappa shape index (κ3) is 2.89. The van der Waals surface area contributed by atoms with Crippen LogP contribution in [0.5, 0.6) is 0 Å². The van der Waals surface area contributed by atoms with Gasteiger partial charge in [0, 0.05) is 6.92 Å². The Morgan fingerprint density at radius 1 is 1.58 bits per heavy atom. The molecular weight excluding hydrogens is 190 g/mol. The van der Waals surface area contributed by atoms with E-state index in [0.29, 0.717) is 0 Å². The zero-order chi connectivity index (χ0) is 9.19. The van der Waals surface area contributed by atoms with Crippen LogP contribution in [0.2, 0.25) is 0 Å². The first-order valence-electron chi connectivity index (χ1n) is 3.25. The van der Waals surface area contributed by atoms with E-state index in [-0.39, 0.29) is 13.2 Å². The molecule has 0 unspecified atom stereocenters. The van der Waals surface area contributed by atoms with Crippen molar-refractivity contribution in [2.24, 2.45) is 0 Å². The quantitative estimate of drug-likeness (QED) is 0.465. The molecule has 70 valence electrons. The Balaban J connectivity index is 2.36. The summed E-state index contributed by atoms with van der Waals surface area (Å²) in [5.41, 5.74) is 0. The van der Waals surface area contributed by atoms with Crippen molar-refractivity contribution in [2.45, 2.75) is 13.0 Å². The van der Waals surface area contributed by atoms with Gasteiger partial charge in [0.1, 0.15) is 6.10 Å². The zero-order valence-corrected chi connectivity index (χ0v) is 7.25. The van der Waals surface area contributed by atoms with Crippen molar-refractivity contribution in [2.75, 3.05) is 13.2 Å². The van der Waals surface area contributed by atoms with Crippen LogP contribution in [0.25, 0.3) is 0 Å². The maximum absolute atomic E-state index is 12.4. The average molecular weight is 198 g/mol. The van der Waals surface area contributed by atoms with Gasteiger partial charge in [0.15, 0.2) is 0 Å². The summed E-state index contributed by atoms with van der Waals surface area (Å²) < 4.78 is 35.7. The molecule has 5 nitrogen and oxygen atoms in total. The molecule has 1 aliphatic rings. The zero-order valence-electron chi connectivity index (χ0n) is 6.36. The minimum absolute atomic E-state index is 0.229. The molecule has 1 heterocycles. The van der Waals surface area contributed by atoms with E-state index in [1.165, 1.54) is 6.92 Å². The average Bonchev–Trinajstić information content (AvgIpc) is 1.93. The van der Waals surface area contributed by atoms with E-state index < -0.39 is 20.0 Å². The second kappa shape index (κ2) is 3.51. The summed E-state index contributed by atoms with van der Waals surface area (Å²) in [6.45, 7) is 0.754. The van der Waals surface area contributed by atoms with Gasteiger partial charge in [-0.2, -0.15) is 0 Å². The molecule has 0 aromatic rings. The van der Waals surface area contributed by atoms with Gasteiger partial charge in [0.25, 0.3) is 0 Å². The molecule has 1 rings (SSSR count). The predicted octanol–water partition coefficient (Wildman–Crippen LogP) is 1.04. The van der Waals surface area contributed by atoms with E-state index in [9.17, 15) is 13.6 Å². The molecule has 7 heteroatoms. The first kappa shape index (κ1) is 9.64. The molecule has 0 spiro atoms. The van der Waals surface area contributed by atoms with Crippen LogP contribution in [0.3, 0.4) is 0 Å². The Kier molecular flexibility index (Phi) is 2.82. The molecule has 0 bridgehead atoms. The molecule has 12 heavy (non-hydrogen) atoms. The van der Waals surface area contributed by atoms with Gasteiger partial charge in [0.2, 0.25) is 0 Å². The molecule has 0 aromatic heterocycles. The molecule has 0 N–H and O–H groups in total. The minimum atomic E-state index is -4.36. The molecule has 0 amide bonds. The van der Waals surface area contributed by atoms with Crippen molar-refractivity contribution in [3.05, 3.63) is 0 Å². The number of halogens is 1. The number of ether oxygens (including phenoxy) is 1. The van der Waals surface area contributed by atoms with Crippen molar-refractivity contribution >= 4 is 13.9 Å². The lowest BCUT2D eigenvalue weighted by molar-refractivity contribution is -0.152. The Bertz CT molecular complexity index is 218. The third-order valence-electron chi connectivity index (χ3n) is 1.16. The minimum Gasteiger partial charge on any atom is -0.458 e. The van der Waals surface area contributed by atoms with Crippen molar-refractivity contribution in [1.82, 2.24) is 0 Å². The third-order valence-corrected chi connectivity index (χ3v) is 2.08. The van der Waals surface area contributed by atoms with Gasteiger partial charge in [-0.25, -0.2) is 4.57 Å². The number of esters is 1. The number of hydrogen-bond donors (Lipinski definition) is 0. The highest BCUT2D eigenvalue weighted by molar-refractivity contribution is 7.48. The lowest BCUT2D eigenvalue weighted by atomic mass is 10.4. The van der Waals surface area contributed by atoms with E-state index in [4.69, 9.17) is 0 Å². The lowest BCUT2D eigenvalue weighted by Gasteiger charge is -2.23. The van der Waals surface area contributed by atoms with Gasteiger partial charge in [0.05, 0.1) is 13.2 Å². The second-order valence-corrected chi connectivity index (χ2v) is 3.63. The van der Waals surface area contributed by atoms with E-state index in [0.717, 1.165) is 0 Å². The predicted molar refractivity (Wildman–Crippen MR) is 36.2 cm³/mol. The molecule has 0 atom stereocenters. The summed E-state index contributed by atoms with van der Waals surface area (Å²) in [6, 6.07) is 0. The van der Waals surface area contributed by atoms with E-state index >= 15 is 0 Å². The molecular formula is C5H8FO5P. The summed E-state index contributed by atoms with van der Waals surface area (Å²) in [5.74, 6) is -0.511. The summed E-state index contributed by atoms with van der Waals surface area (Å²) in [6.07, 6.45) is -0.666. The fourth-order valence-electron chi connectivity index (χ4n) is 0.732. The van der Waals surface area contributed by atoms with Gasteiger partial charge in [-0.15, -0.1) is 4.20 Å².